The quantitative estimate of drug-likeness (QED) is 0.423. The van der Waals surface area contributed by atoms with Crippen molar-refractivity contribution in [2.75, 3.05) is 0 Å². The molecule has 0 spiro atoms. The van der Waals surface area contributed by atoms with Gasteiger partial charge in [-0.2, -0.15) is 10.2 Å². The standard InChI is InChI=1S/C15H11N5O4/c21-15(13-8-12(17-18-13)14-2-1-7-24-14)19-16-9-10-3-5-11(6-4-10)20(22)23/h1-9H,(H,17,18)(H,19,21)/b16-9+. The van der Waals surface area contributed by atoms with E-state index in [4.69, 9.17) is 4.42 Å². The summed E-state index contributed by atoms with van der Waals surface area (Å²) in [4.78, 5) is 22.0. The van der Waals surface area contributed by atoms with Gasteiger partial charge in [0, 0.05) is 18.2 Å². The van der Waals surface area contributed by atoms with E-state index in [2.05, 4.69) is 20.7 Å². The van der Waals surface area contributed by atoms with Crippen LogP contribution in [0.25, 0.3) is 11.5 Å². The van der Waals surface area contributed by atoms with Crippen LogP contribution in [0.5, 0.6) is 0 Å². The highest BCUT2D eigenvalue weighted by Crippen LogP contribution is 2.17. The Bertz CT molecular complexity index is 881. The van der Waals surface area contributed by atoms with Gasteiger partial charge < -0.3 is 4.42 Å². The molecule has 0 aliphatic carbocycles. The lowest BCUT2D eigenvalue weighted by Gasteiger charge is -1.95. The number of nitro benzene ring substituents is 1. The number of carbonyl (C=O) groups excluding carboxylic acids is 1. The number of hydrogen-bond acceptors (Lipinski definition) is 6. The number of hydrazone groups is 1. The third-order valence-electron chi connectivity index (χ3n) is 3.08. The molecule has 9 heteroatoms. The number of amides is 1. The third-order valence-corrected chi connectivity index (χ3v) is 3.08. The second kappa shape index (κ2) is 6.57. The molecule has 0 radical (unpaired) electrons. The first kappa shape index (κ1) is 15.2. The summed E-state index contributed by atoms with van der Waals surface area (Å²) >= 11 is 0. The van der Waals surface area contributed by atoms with Crippen LogP contribution in [0.2, 0.25) is 0 Å². The highest BCUT2D eigenvalue weighted by Gasteiger charge is 2.12. The van der Waals surface area contributed by atoms with E-state index in [0.717, 1.165) is 0 Å². The van der Waals surface area contributed by atoms with Crippen molar-refractivity contribution in [1.29, 1.82) is 0 Å². The van der Waals surface area contributed by atoms with Crippen LogP contribution in [0.3, 0.4) is 0 Å². The van der Waals surface area contributed by atoms with Gasteiger partial charge in [0.05, 0.1) is 17.4 Å². The Morgan fingerprint density at radius 2 is 2.12 bits per heavy atom. The molecule has 3 aromatic rings. The van der Waals surface area contributed by atoms with Gasteiger partial charge in [0.2, 0.25) is 0 Å². The van der Waals surface area contributed by atoms with Gasteiger partial charge in [-0.15, -0.1) is 0 Å². The fourth-order valence-electron chi connectivity index (χ4n) is 1.90. The van der Waals surface area contributed by atoms with Crippen LogP contribution in [0.15, 0.2) is 58.2 Å². The summed E-state index contributed by atoms with van der Waals surface area (Å²) in [6.45, 7) is 0. The van der Waals surface area contributed by atoms with E-state index in [1.165, 1.54) is 42.8 Å². The first-order valence-electron chi connectivity index (χ1n) is 6.80. The summed E-state index contributed by atoms with van der Waals surface area (Å²) in [5.74, 6) is 0.0677. The van der Waals surface area contributed by atoms with Gasteiger partial charge in [0.25, 0.3) is 11.6 Å². The van der Waals surface area contributed by atoms with E-state index in [9.17, 15) is 14.9 Å². The largest absolute Gasteiger partial charge is 0.463 e. The van der Waals surface area contributed by atoms with Crippen molar-refractivity contribution < 1.29 is 14.1 Å². The topological polar surface area (TPSA) is 126 Å². The number of nitrogens with one attached hydrogen (secondary N) is 2. The molecular weight excluding hydrogens is 314 g/mol. The molecule has 0 unspecified atom stereocenters. The average Bonchev–Trinajstić information content (AvgIpc) is 3.26. The maximum Gasteiger partial charge on any atom is 0.291 e. The summed E-state index contributed by atoms with van der Waals surface area (Å²) in [5, 5.41) is 20.9. The number of furan rings is 1. The first-order valence-corrected chi connectivity index (χ1v) is 6.80. The Morgan fingerprint density at radius 1 is 1.33 bits per heavy atom. The Kier molecular flexibility index (Phi) is 4.15. The number of nitro groups is 1. The monoisotopic (exact) mass is 325 g/mol. The molecule has 1 aromatic carbocycles. The Morgan fingerprint density at radius 3 is 2.79 bits per heavy atom. The summed E-state index contributed by atoms with van der Waals surface area (Å²) in [6, 6.07) is 10.8. The van der Waals surface area contributed by atoms with Gasteiger partial charge in [-0.1, -0.05) is 0 Å². The summed E-state index contributed by atoms with van der Waals surface area (Å²) in [6.07, 6.45) is 2.89. The van der Waals surface area contributed by atoms with E-state index in [1.807, 2.05) is 0 Å². The van der Waals surface area contributed by atoms with Crippen molar-refractivity contribution in [3.8, 4) is 11.5 Å². The van der Waals surface area contributed by atoms with Crippen LogP contribution in [0.4, 0.5) is 5.69 Å². The smallest absolute Gasteiger partial charge is 0.291 e. The molecule has 0 aliphatic heterocycles. The predicted molar refractivity (Wildman–Crippen MR) is 84.4 cm³/mol. The zero-order valence-corrected chi connectivity index (χ0v) is 12.2. The molecule has 0 saturated carbocycles. The van der Waals surface area contributed by atoms with E-state index in [-0.39, 0.29) is 11.4 Å². The van der Waals surface area contributed by atoms with Gasteiger partial charge in [0.1, 0.15) is 5.69 Å². The Hall–Kier alpha value is -3.75. The van der Waals surface area contributed by atoms with Crippen molar-refractivity contribution in [3.05, 3.63) is 70.1 Å². The lowest BCUT2D eigenvalue weighted by atomic mass is 10.2. The molecule has 0 saturated heterocycles. The van der Waals surface area contributed by atoms with Crippen molar-refractivity contribution in [3.63, 3.8) is 0 Å². The van der Waals surface area contributed by atoms with Crippen molar-refractivity contribution in [2.24, 2.45) is 5.10 Å². The van der Waals surface area contributed by atoms with Gasteiger partial charge >= 0.3 is 0 Å². The SMILES string of the molecule is O=C(N/N=C/c1ccc([N+](=O)[O-])cc1)c1cc(-c2ccco2)[nH]n1. The molecule has 0 fully saturated rings. The highest BCUT2D eigenvalue weighted by molar-refractivity contribution is 5.94. The molecule has 0 atom stereocenters. The number of nitrogens with zero attached hydrogens (tertiary/aromatic N) is 3. The number of aromatic nitrogens is 2. The number of carbonyl (C=O) groups is 1. The molecule has 9 nitrogen and oxygen atoms in total. The van der Waals surface area contributed by atoms with E-state index < -0.39 is 10.8 Å². The summed E-state index contributed by atoms with van der Waals surface area (Å²) in [7, 11) is 0. The normalized spacial score (nSPS) is 10.8. The lowest BCUT2D eigenvalue weighted by molar-refractivity contribution is -0.384. The van der Waals surface area contributed by atoms with Crippen molar-refractivity contribution in [1.82, 2.24) is 15.6 Å². The van der Waals surface area contributed by atoms with Gasteiger partial charge in [-0.05, 0) is 29.8 Å². The molecular formula is C15H11N5O4. The maximum absolute atomic E-state index is 11.9. The number of rotatable bonds is 5. The molecule has 3 rings (SSSR count). The highest BCUT2D eigenvalue weighted by atomic mass is 16.6. The first-order chi connectivity index (χ1) is 11.6. The van der Waals surface area contributed by atoms with Crippen LogP contribution in [0, 0.1) is 10.1 Å². The van der Waals surface area contributed by atoms with Crippen molar-refractivity contribution in [2.45, 2.75) is 0 Å². The van der Waals surface area contributed by atoms with E-state index >= 15 is 0 Å². The molecule has 1 amide bonds. The number of hydrogen-bond donors (Lipinski definition) is 2. The number of benzene rings is 1. The number of H-pyrrole nitrogens is 1. The predicted octanol–water partition coefficient (Wildman–Crippen LogP) is 2.34. The fraction of sp³-hybridized carbons (Fsp3) is 0. The molecule has 120 valence electrons. The van der Waals surface area contributed by atoms with Gasteiger partial charge in [-0.25, -0.2) is 5.43 Å². The van der Waals surface area contributed by atoms with Gasteiger partial charge in [-0.3, -0.25) is 20.0 Å². The van der Waals surface area contributed by atoms with Gasteiger partial charge in [0.15, 0.2) is 11.5 Å². The minimum atomic E-state index is -0.498. The van der Waals surface area contributed by atoms with Crippen LogP contribution in [-0.4, -0.2) is 27.2 Å². The lowest BCUT2D eigenvalue weighted by Crippen LogP contribution is -2.17. The summed E-state index contributed by atoms with van der Waals surface area (Å²) in [5.41, 5.74) is 3.65. The fourth-order valence-corrected chi connectivity index (χ4v) is 1.90. The van der Waals surface area contributed by atoms with E-state index in [1.54, 1.807) is 12.1 Å². The molecule has 2 heterocycles. The van der Waals surface area contributed by atoms with Crippen LogP contribution in [0.1, 0.15) is 16.1 Å². The number of non-ortho nitro benzene ring substituents is 1. The maximum atomic E-state index is 11.9. The zero-order chi connectivity index (χ0) is 16.9. The van der Waals surface area contributed by atoms with E-state index in [0.29, 0.717) is 17.0 Å². The van der Waals surface area contributed by atoms with Crippen LogP contribution >= 0.6 is 0 Å². The Balaban J connectivity index is 1.62. The number of aromatic amines is 1. The molecule has 0 bridgehead atoms. The minimum Gasteiger partial charge on any atom is -0.463 e. The minimum absolute atomic E-state index is 0.0156. The molecule has 0 aliphatic rings. The van der Waals surface area contributed by atoms with Crippen LogP contribution < -0.4 is 5.43 Å². The second-order valence-corrected chi connectivity index (χ2v) is 4.69. The zero-order valence-electron chi connectivity index (χ0n) is 12.2. The molecule has 24 heavy (non-hydrogen) atoms. The third kappa shape index (κ3) is 3.35. The summed E-state index contributed by atoms with van der Waals surface area (Å²) < 4.78 is 5.20. The second-order valence-electron chi connectivity index (χ2n) is 4.69. The van der Waals surface area contributed by atoms with Crippen molar-refractivity contribution >= 4 is 17.8 Å². The molecule has 2 aromatic heterocycles. The van der Waals surface area contributed by atoms with Crippen LogP contribution in [-0.2, 0) is 0 Å². The molecule has 2 N–H and O–H groups in total. The average molecular weight is 325 g/mol. The Labute approximate surface area is 135 Å².